The van der Waals surface area contributed by atoms with E-state index in [9.17, 15) is 5.11 Å². The summed E-state index contributed by atoms with van der Waals surface area (Å²) in [5.74, 6) is 1.28. The Labute approximate surface area is 99.3 Å². The topological polar surface area (TPSA) is 20.2 Å². The molecule has 0 aliphatic heterocycles. The molecule has 3 unspecified atom stereocenters. The summed E-state index contributed by atoms with van der Waals surface area (Å²) >= 11 is 0. The second-order valence-electron chi connectivity index (χ2n) is 6.30. The van der Waals surface area contributed by atoms with Gasteiger partial charge in [0, 0.05) is 0 Å². The van der Waals surface area contributed by atoms with Gasteiger partial charge in [0.2, 0.25) is 0 Å². The van der Waals surface area contributed by atoms with Crippen LogP contribution in [0, 0.1) is 17.3 Å². The first kappa shape index (κ1) is 11.9. The minimum atomic E-state index is -0.238. The second-order valence-corrected chi connectivity index (χ2v) is 6.30. The number of hydrogen-bond acceptors (Lipinski definition) is 1. The SMILES string of the molecule is C=C1CCC=C(C)C(O)CC2C1CC2(C)C. The predicted octanol–water partition coefficient (Wildman–Crippen LogP) is 3.70. The summed E-state index contributed by atoms with van der Waals surface area (Å²) in [5, 5.41) is 10.2. The van der Waals surface area contributed by atoms with Crippen molar-refractivity contribution < 1.29 is 5.11 Å². The third-order valence-corrected chi connectivity index (χ3v) is 4.69. The molecule has 0 aromatic carbocycles. The maximum absolute atomic E-state index is 10.2. The molecule has 1 N–H and O–H groups in total. The number of hydrogen-bond donors (Lipinski definition) is 1. The first-order chi connectivity index (χ1) is 7.42. The molecule has 0 bridgehead atoms. The third-order valence-electron chi connectivity index (χ3n) is 4.69. The van der Waals surface area contributed by atoms with Crippen LogP contribution >= 0.6 is 0 Å². The zero-order valence-electron chi connectivity index (χ0n) is 10.8. The van der Waals surface area contributed by atoms with E-state index in [1.165, 1.54) is 12.0 Å². The van der Waals surface area contributed by atoms with Gasteiger partial charge in [-0.2, -0.15) is 0 Å². The molecule has 0 saturated heterocycles. The summed E-state index contributed by atoms with van der Waals surface area (Å²) < 4.78 is 0. The van der Waals surface area contributed by atoms with Gasteiger partial charge in [-0.1, -0.05) is 32.1 Å². The zero-order chi connectivity index (χ0) is 11.9. The van der Waals surface area contributed by atoms with Crippen molar-refractivity contribution in [2.75, 3.05) is 0 Å². The second kappa shape index (κ2) is 4.03. The largest absolute Gasteiger partial charge is 0.389 e. The van der Waals surface area contributed by atoms with Crippen LogP contribution in [-0.2, 0) is 0 Å². The average Bonchev–Trinajstić information content (AvgIpc) is 2.24. The molecule has 0 aromatic rings. The Hall–Kier alpha value is -0.560. The highest BCUT2D eigenvalue weighted by atomic mass is 16.3. The van der Waals surface area contributed by atoms with E-state index in [0.29, 0.717) is 17.3 Å². The quantitative estimate of drug-likeness (QED) is 0.617. The Morgan fingerprint density at radius 1 is 1.44 bits per heavy atom. The van der Waals surface area contributed by atoms with Crippen LogP contribution in [0.1, 0.15) is 46.5 Å². The number of fused-ring (bicyclic) bond motifs is 1. The Bertz CT molecular complexity index is 324. The van der Waals surface area contributed by atoms with Crippen molar-refractivity contribution in [2.45, 2.75) is 52.6 Å². The summed E-state index contributed by atoms with van der Waals surface area (Å²) in [6.45, 7) is 10.9. The summed E-state index contributed by atoms with van der Waals surface area (Å²) in [4.78, 5) is 0. The molecule has 90 valence electrons. The molecule has 1 saturated carbocycles. The zero-order valence-corrected chi connectivity index (χ0v) is 10.8. The predicted molar refractivity (Wildman–Crippen MR) is 68.1 cm³/mol. The van der Waals surface area contributed by atoms with Crippen molar-refractivity contribution >= 4 is 0 Å². The molecule has 0 heterocycles. The van der Waals surface area contributed by atoms with Gasteiger partial charge >= 0.3 is 0 Å². The van der Waals surface area contributed by atoms with Crippen molar-refractivity contribution in [3.63, 3.8) is 0 Å². The fourth-order valence-electron chi connectivity index (χ4n) is 3.39. The van der Waals surface area contributed by atoms with Crippen LogP contribution in [0.25, 0.3) is 0 Å². The van der Waals surface area contributed by atoms with E-state index in [1.807, 2.05) is 0 Å². The lowest BCUT2D eigenvalue weighted by Gasteiger charge is -2.53. The molecule has 0 spiro atoms. The molecule has 0 amide bonds. The molecule has 2 aliphatic rings. The lowest BCUT2D eigenvalue weighted by atomic mass is 9.52. The maximum atomic E-state index is 10.2. The van der Waals surface area contributed by atoms with E-state index in [2.05, 4.69) is 33.4 Å². The van der Waals surface area contributed by atoms with Gasteiger partial charge in [-0.25, -0.2) is 0 Å². The fraction of sp³-hybridized carbons (Fsp3) is 0.733. The average molecular weight is 220 g/mol. The molecule has 0 radical (unpaired) electrons. The third kappa shape index (κ3) is 1.98. The van der Waals surface area contributed by atoms with Crippen LogP contribution in [-0.4, -0.2) is 11.2 Å². The Morgan fingerprint density at radius 3 is 2.75 bits per heavy atom. The van der Waals surface area contributed by atoms with E-state index in [1.54, 1.807) is 0 Å². The first-order valence-electron chi connectivity index (χ1n) is 6.44. The minimum Gasteiger partial charge on any atom is -0.389 e. The van der Waals surface area contributed by atoms with E-state index >= 15 is 0 Å². The molecule has 2 aliphatic carbocycles. The summed E-state index contributed by atoms with van der Waals surface area (Å²) in [6, 6.07) is 0. The normalized spacial score (nSPS) is 38.6. The minimum absolute atomic E-state index is 0.238. The summed E-state index contributed by atoms with van der Waals surface area (Å²) in [5.41, 5.74) is 2.94. The van der Waals surface area contributed by atoms with Gasteiger partial charge in [-0.15, -0.1) is 0 Å². The number of rotatable bonds is 0. The van der Waals surface area contributed by atoms with Gasteiger partial charge in [-0.3, -0.25) is 0 Å². The number of allylic oxidation sites excluding steroid dienone is 2. The van der Waals surface area contributed by atoms with Gasteiger partial charge in [-0.05, 0) is 55.4 Å². The molecule has 1 nitrogen and oxygen atoms in total. The van der Waals surface area contributed by atoms with Gasteiger partial charge in [0.15, 0.2) is 0 Å². The Kier molecular flexibility index (Phi) is 3.00. The Balaban J connectivity index is 2.19. The van der Waals surface area contributed by atoms with Gasteiger partial charge in [0.1, 0.15) is 0 Å². The Morgan fingerprint density at radius 2 is 2.12 bits per heavy atom. The molecule has 16 heavy (non-hydrogen) atoms. The lowest BCUT2D eigenvalue weighted by molar-refractivity contribution is -0.0197. The number of aliphatic hydroxyl groups excluding tert-OH is 1. The van der Waals surface area contributed by atoms with E-state index in [-0.39, 0.29) is 6.10 Å². The highest BCUT2D eigenvalue weighted by Crippen LogP contribution is 2.56. The molecular formula is C15H24O. The van der Waals surface area contributed by atoms with Crippen LogP contribution < -0.4 is 0 Å². The van der Waals surface area contributed by atoms with E-state index in [4.69, 9.17) is 0 Å². The van der Waals surface area contributed by atoms with Crippen LogP contribution in [0.5, 0.6) is 0 Å². The van der Waals surface area contributed by atoms with Crippen molar-refractivity contribution in [1.29, 1.82) is 0 Å². The lowest BCUT2D eigenvalue weighted by Crippen LogP contribution is -2.46. The van der Waals surface area contributed by atoms with Crippen LogP contribution in [0.15, 0.2) is 23.8 Å². The summed E-state index contributed by atoms with van der Waals surface area (Å²) in [7, 11) is 0. The molecule has 1 heteroatoms. The fourth-order valence-corrected chi connectivity index (χ4v) is 3.39. The van der Waals surface area contributed by atoms with Crippen molar-refractivity contribution in [3.05, 3.63) is 23.8 Å². The van der Waals surface area contributed by atoms with E-state index < -0.39 is 0 Å². The van der Waals surface area contributed by atoms with E-state index in [0.717, 1.165) is 24.8 Å². The highest BCUT2D eigenvalue weighted by molar-refractivity contribution is 5.18. The molecular weight excluding hydrogens is 196 g/mol. The number of aliphatic hydroxyl groups is 1. The molecule has 3 atom stereocenters. The van der Waals surface area contributed by atoms with Gasteiger partial charge < -0.3 is 5.11 Å². The maximum Gasteiger partial charge on any atom is 0.0750 e. The van der Waals surface area contributed by atoms with Gasteiger partial charge in [0.05, 0.1) is 6.10 Å². The van der Waals surface area contributed by atoms with Crippen molar-refractivity contribution in [3.8, 4) is 0 Å². The van der Waals surface area contributed by atoms with Crippen molar-refractivity contribution in [2.24, 2.45) is 17.3 Å². The monoisotopic (exact) mass is 220 g/mol. The summed E-state index contributed by atoms with van der Waals surface area (Å²) in [6.07, 6.45) is 6.26. The van der Waals surface area contributed by atoms with Crippen LogP contribution in [0.2, 0.25) is 0 Å². The molecule has 2 rings (SSSR count). The first-order valence-corrected chi connectivity index (χ1v) is 6.44. The smallest absolute Gasteiger partial charge is 0.0750 e. The van der Waals surface area contributed by atoms with Crippen molar-refractivity contribution in [1.82, 2.24) is 0 Å². The van der Waals surface area contributed by atoms with Gasteiger partial charge in [0.25, 0.3) is 0 Å². The molecule has 1 fully saturated rings. The highest BCUT2D eigenvalue weighted by Gasteiger charge is 2.48. The van der Waals surface area contributed by atoms with Crippen LogP contribution in [0.3, 0.4) is 0 Å². The standard InChI is InChI=1S/C15H24O/c1-10-6-5-7-11(2)14(16)8-13-12(10)9-15(13,3)4/h7,12-14,16H,1,5-6,8-9H2,2-4H3. The van der Waals surface area contributed by atoms with Crippen LogP contribution in [0.4, 0.5) is 0 Å². The molecule has 0 aromatic heterocycles.